The molecule has 0 spiro atoms. The lowest BCUT2D eigenvalue weighted by Gasteiger charge is -2.10. The molecular weight excluding hydrogens is 200 g/mol. The van der Waals surface area contributed by atoms with Crippen molar-refractivity contribution in [1.82, 2.24) is 0 Å². The first-order valence-corrected chi connectivity index (χ1v) is 4.54. The molecule has 76 valence electrons. The second kappa shape index (κ2) is 5.41. The molecule has 0 amide bonds. The lowest BCUT2D eigenvalue weighted by molar-refractivity contribution is 0.202. The van der Waals surface area contributed by atoms with Gasteiger partial charge in [-0.15, -0.1) is 0 Å². The van der Waals surface area contributed by atoms with Gasteiger partial charge in [0.15, 0.2) is 5.11 Å². The molecule has 0 bridgehead atoms. The number of aliphatic hydroxyl groups is 1. The smallest absolute Gasteiger partial charge is 0.168 e. The summed E-state index contributed by atoms with van der Waals surface area (Å²) in [5, 5.41) is 11.6. The molecule has 0 radical (unpaired) electrons. The zero-order valence-electron chi connectivity index (χ0n) is 7.56. The SMILES string of the molecule is NC(=S)Nc1ccccc1OCCO. The van der Waals surface area contributed by atoms with Crippen molar-refractivity contribution < 1.29 is 9.84 Å². The molecule has 14 heavy (non-hydrogen) atoms. The average Bonchev–Trinajstić information content (AvgIpc) is 2.16. The summed E-state index contributed by atoms with van der Waals surface area (Å²) in [4.78, 5) is 0. The van der Waals surface area contributed by atoms with Crippen LogP contribution in [0.25, 0.3) is 0 Å². The van der Waals surface area contributed by atoms with Gasteiger partial charge in [-0.3, -0.25) is 0 Å². The highest BCUT2D eigenvalue weighted by molar-refractivity contribution is 7.80. The van der Waals surface area contributed by atoms with Gasteiger partial charge in [0.1, 0.15) is 12.4 Å². The summed E-state index contributed by atoms with van der Waals surface area (Å²) in [6.45, 7) is 0.220. The van der Waals surface area contributed by atoms with Crippen LogP contribution in [0, 0.1) is 0 Å². The van der Waals surface area contributed by atoms with Crippen LogP contribution in [0.4, 0.5) is 5.69 Å². The summed E-state index contributed by atoms with van der Waals surface area (Å²) in [5.74, 6) is 0.620. The van der Waals surface area contributed by atoms with Gasteiger partial charge in [0.05, 0.1) is 12.3 Å². The third-order valence-corrected chi connectivity index (χ3v) is 1.60. The van der Waals surface area contributed by atoms with Crippen molar-refractivity contribution in [2.75, 3.05) is 18.5 Å². The third kappa shape index (κ3) is 3.20. The summed E-state index contributed by atoms with van der Waals surface area (Å²) >= 11 is 4.71. The van der Waals surface area contributed by atoms with Crippen molar-refractivity contribution >= 4 is 23.0 Å². The van der Waals surface area contributed by atoms with Gasteiger partial charge >= 0.3 is 0 Å². The molecule has 0 unspecified atom stereocenters. The molecule has 5 heteroatoms. The van der Waals surface area contributed by atoms with Crippen molar-refractivity contribution in [2.24, 2.45) is 5.73 Å². The van der Waals surface area contributed by atoms with Crippen molar-refractivity contribution in [3.63, 3.8) is 0 Å². The number of rotatable bonds is 4. The van der Waals surface area contributed by atoms with E-state index in [2.05, 4.69) is 5.32 Å². The van der Waals surface area contributed by atoms with Crippen LogP contribution in [0.15, 0.2) is 24.3 Å². The first-order valence-electron chi connectivity index (χ1n) is 4.13. The van der Waals surface area contributed by atoms with E-state index in [0.29, 0.717) is 11.4 Å². The second-order valence-corrected chi connectivity index (χ2v) is 3.00. The zero-order chi connectivity index (χ0) is 10.4. The van der Waals surface area contributed by atoms with Crippen LogP contribution in [0.2, 0.25) is 0 Å². The van der Waals surface area contributed by atoms with E-state index in [4.69, 9.17) is 27.8 Å². The van der Waals surface area contributed by atoms with Crippen LogP contribution in [0.1, 0.15) is 0 Å². The van der Waals surface area contributed by atoms with Crippen LogP contribution in [-0.2, 0) is 0 Å². The number of thiocarbonyl (C=S) groups is 1. The maximum absolute atomic E-state index is 8.60. The third-order valence-electron chi connectivity index (χ3n) is 1.49. The van der Waals surface area contributed by atoms with E-state index in [-0.39, 0.29) is 18.3 Å². The first kappa shape index (κ1) is 10.7. The molecular formula is C9H12N2O2S. The lowest BCUT2D eigenvalue weighted by Crippen LogP contribution is -2.19. The Bertz CT molecular complexity index is 317. The molecule has 1 rings (SSSR count). The normalized spacial score (nSPS) is 9.50. The summed E-state index contributed by atoms with van der Waals surface area (Å²) in [5.41, 5.74) is 6.04. The van der Waals surface area contributed by atoms with Crippen molar-refractivity contribution in [2.45, 2.75) is 0 Å². The summed E-state index contributed by atoms with van der Waals surface area (Å²) < 4.78 is 5.26. The first-order chi connectivity index (χ1) is 6.74. The van der Waals surface area contributed by atoms with Gasteiger partial charge in [-0.2, -0.15) is 0 Å². The monoisotopic (exact) mass is 212 g/mol. The molecule has 0 saturated heterocycles. The number of hydrogen-bond donors (Lipinski definition) is 3. The Kier molecular flexibility index (Phi) is 4.15. The Hall–Kier alpha value is -1.33. The molecule has 0 aliphatic carbocycles. The molecule has 4 nitrogen and oxygen atoms in total. The molecule has 0 saturated carbocycles. The Morgan fingerprint density at radius 2 is 2.21 bits per heavy atom. The molecule has 0 aliphatic heterocycles. The number of nitrogens with two attached hydrogens (primary N) is 1. The Balaban J connectivity index is 2.74. The Morgan fingerprint density at radius 3 is 2.86 bits per heavy atom. The van der Waals surface area contributed by atoms with E-state index in [9.17, 15) is 0 Å². The topological polar surface area (TPSA) is 67.5 Å². The highest BCUT2D eigenvalue weighted by Gasteiger charge is 2.01. The lowest BCUT2D eigenvalue weighted by atomic mass is 10.3. The highest BCUT2D eigenvalue weighted by atomic mass is 32.1. The maximum atomic E-state index is 8.60. The predicted octanol–water partition coefficient (Wildman–Crippen LogP) is 0.713. The number of para-hydroxylation sites is 2. The van der Waals surface area contributed by atoms with Gasteiger partial charge in [-0.1, -0.05) is 12.1 Å². The molecule has 0 atom stereocenters. The quantitative estimate of drug-likeness (QED) is 0.641. The van der Waals surface area contributed by atoms with Gasteiger partial charge in [0.2, 0.25) is 0 Å². The fourth-order valence-electron chi connectivity index (χ4n) is 0.984. The largest absolute Gasteiger partial charge is 0.489 e. The number of aliphatic hydroxyl groups excluding tert-OH is 1. The summed E-state index contributed by atoms with van der Waals surface area (Å²) in [6.07, 6.45) is 0. The van der Waals surface area contributed by atoms with Gasteiger partial charge in [-0.05, 0) is 24.4 Å². The van der Waals surface area contributed by atoms with Crippen LogP contribution < -0.4 is 15.8 Å². The van der Waals surface area contributed by atoms with Crippen molar-refractivity contribution in [3.05, 3.63) is 24.3 Å². The maximum Gasteiger partial charge on any atom is 0.168 e. The van der Waals surface area contributed by atoms with Gasteiger partial charge in [0, 0.05) is 0 Å². The van der Waals surface area contributed by atoms with Gasteiger partial charge in [0.25, 0.3) is 0 Å². The summed E-state index contributed by atoms with van der Waals surface area (Å²) in [7, 11) is 0. The van der Waals surface area contributed by atoms with Crippen LogP contribution in [0.3, 0.4) is 0 Å². The molecule has 0 aromatic heterocycles. The van der Waals surface area contributed by atoms with E-state index in [0.717, 1.165) is 0 Å². The number of benzene rings is 1. The van der Waals surface area contributed by atoms with E-state index in [1.165, 1.54) is 0 Å². The van der Waals surface area contributed by atoms with Crippen molar-refractivity contribution in [1.29, 1.82) is 0 Å². The predicted molar refractivity (Wildman–Crippen MR) is 59.4 cm³/mol. The molecule has 0 fully saturated rings. The number of anilines is 1. The van der Waals surface area contributed by atoms with Crippen LogP contribution in [0.5, 0.6) is 5.75 Å². The molecule has 4 N–H and O–H groups in total. The second-order valence-electron chi connectivity index (χ2n) is 2.56. The minimum atomic E-state index is -0.0264. The van der Waals surface area contributed by atoms with Crippen molar-refractivity contribution in [3.8, 4) is 5.75 Å². The highest BCUT2D eigenvalue weighted by Crippen LogP contribution is 2.23. The molecule has 0 heterocycles. The minimum absolute atomic E-state index is 0.0264. The van der Waals surface area contributed by atoms with E-state index < -0.39 is 0 Å². The number of hydrogen-bond acceptors (Lipinski definition) is 3. The van der Waals surface area contributed by atoms with Gasteiger partial charge < -0.3 is 20.9 Å². The van der Waals surface area contributed by atoms with Gasteiger partial charge in [-0.25, -0.2) is 0 Å². The summed E-state index contributed by atoms with van der Waals surface area (Å²) in [6, 6.07) is 7.24. The van der Waals surface area contributed by atoms with E-state index in [1.54, 1.807) is 12.1 Å². The average molecular weight is 212 g/mol. The van der Waals surface area contributed by atoms with E-state index in [1.807, 2.05) is 12.1 Å². The van der Waals surface area contributed by atoms with Crippen LogP contribution in [-0.4, -0.2) is 23.4 Å². The molecule has 0 aliphatic rings. The van der Waals surface area contributed by atoms with Crippen LogP contribution >= 0.6 is 12.2 Å². The Morgan fingerprint density at radius 1 is 1.50 bits per heavy atom. The minimum Gasteiger partial charge on any atom is -0.489 e. The number of nitrogens with one attached hydrogen (secondary N) is 1. The fraction of sp³-hybridized carbons (Fsp3) is 0.222. The zero-order valence-corrected chi connectivity index (χ0v) is 8.38. The molecule has 1 aromatic carbocycles. The standard InChI is InChI=1S/C9H12N2O2S/c10-9(14)11-7-3-1-2-4-8(7)13-6-5-12/h1-4,12H,5-6H2,(H3,10,11,14). The fourth-order valence-corrected chi connectivity index (χ4v) is 1.09. The molecule has 1 aromatic rings. The number of ether oxygens (including phenoxy) is 1. The Labute approximate surface area is 87.7 Å². The van der Waals surface area contributed by atoms with E-state index >= 15 is 0 Å².